The average molecular weight is 400 g/mol. The van der Waals surface area contributed by atoms with Crippen molar-refractivity contribution in [3.8, 4) is 0 Å². The van der Waals surface area contributed by atoms with E-state index < -0.39 is 17.0 Å². The van der Waals surface area contributed by atoms with E-state index in [4.69, 9.17) is 11.6 Å². The van der Waals surface area contributed by atoms with Crippen LogP contribution in [0.25, 0.3) is 11.0 Å². The van der Waals surface area contributed by atoms with Gasteiger partial charge in [0.25, 0.3) is 0 Å². The number of alkyl halides is 3. The van der Waals surface area contributed by atoms with Gasteiger partial charge >= 0.3 is 6.18 Å². The van der Waals surface area contributed by atoms with Gasteiger partial charge in [-0.05, 0) is 49.4 Å². The minimum absolute atomic E-state index is 0.298. The predicted molar refractivity (Wildman–Crippen MR) is 96.5 cm³/mol. The van der Waals surface area contributed by atoms with Crippen LogP contribution in [-0.4, -0.2) is 21.1 Å². The van der Waals surface area contributed by atoms with Crippen molar-refractivity contribution in [2.75, 3.05) is 5.32 Å². The molecule has 9 heteroatoms. The van der Waals surface area contributed by atoms with Crippen LogP contribution >= 0.6 is 23.4 Å². The molecule has 3 rings (SSSR count). The number of amides is 1. The molecule has 1 aromatic heterocycles. The normalized spacial score (nSPS) is 13.0. The van der Waals surface area contributed by atoms with Crippen molar-refractivity contribution in [3.05, 3.63) is 53.1 Å². The minimum atomic E-state index is -4.41. The Morgan fingerprint density at radius 3 is 2.58 bits per heavy atom. The van der Waals surface area contributed by atoms with Gasteiger partial charge in [0.2, 0.25) is 5.91 Å². The first kappa shape index (κ1) is 18.6. The SMILES string of the molecule is C[C@H](Sc1nc2ccc(Cl)cc2[nH]1)C(=O)Nc1ccc(C(F)(F)F)cc1. The van der Waals surface area contributed by atoms with Gasteiger partial charge in [0, 0.05) is 10.7 Å². The molecule has 0 aliphatic rings. The van der Waals surface area contributed by atoms with Crippen LogP contribution in [0.15, 0.2) is 47.6 Å². The number of hydrogen-bond acceptors (Lipinski definition) is 3. The quantitative estimate of drug-likeness (QED) is 0.581. The van der Waals surface area contributed by atoms with Crippen LogP contribution in [0.2, 0.25) is 5.02 Å². The molecule has 4 nitrogen and oxygen atoms in total. The maximum absolute atomic E-state index is 12.6. The second kappa shape index (κ2) is 7.20. The molecule has 2 N–H and O–H groups in total. The van der Waals surface area contributed by atoms with E-state index in [-0.39, 0.29) is 5.91 Å². The predicted octanol–water partition coefficient (Wildman–Crippen LogP) is 5.35. The third-order valence-corrected chi connectivity index (χ3v) is 4.78. The fourth-order valence-electron chi connectivity index (χ4n) is 2.22. The summed E-state index contributed by atoms with van der Waals surface area (Å²) < 4.78 is 37.7. The zero-order valence-corrected chi connectivity index (χ0v) is 15.0. The first-order valence-electron chi connectivity index (χ1n) is 7.52. The van der Waals surface area contributed by atoms with E-state index in [1.165, 1.54) is 23.9 Å². The first-order chi connectivity index (χ1) is 12.2. The summed E-state index contributed by atoms with van der Waals surface area (Å²) in [6.07, 6.45) is -4.41. The number of rotatable bonds is 4. The van der Waals surface area contributed by atoms with Gasteiger partial charge in [0.15, 0.2) is 5.16 Å². The van der Waals surface area contributed by atoms with Crippen molar-refractivity contribution < 1.29 is 18.0 Å². The Morgan fingerprint density at radius 1 is 1.23 bits per heavy atom. The Bertz CT molecular complexity index is 941. The lowest BCUT2D eigenvalue weighted by molar-refractivity contribution is -0.137. The molecule has 0 unspecified atom stereocenters. The summed E-state index contributed by atoms with van der Waals surface area (Å²) in [5.74, 6) is -0.340. The lowest BCUT2D eigenvalue weighted by Gasteiger charge is -2.12. The standard InChI is InChI=1S/C17H13ClF3N3OS/c1-9(26-16-23-13-7-4-11(18)8-14(13)24-16)15(25)22-12-5-2-10(3-6-12)17(19,20)21/h2-9H,1H3,(H,22,25)(H,23,24)/t9-/m0/s1. The molecule has 1 atom stereocenters. The molecule has 1 amide bonds. The summed E-state index contributed by atoms with van der Waals surface area (Å²) in [7, 11) is 0. The van der Waals surface area contributed by atoms with Gasteiger partial charge in [-0.3, -0.25) is 4.79 Å². The summed E-state index contributed by atoms with van der Waals surface area (Å²) >= 11 is 7.13. The summed E-state index contributed by atoms with van der Waals surface area (Å²) in [5, 5.41) is 3.22. The highest BCUT2D eigenvalue weighted by atomic mass is 35.5. The van der Waals surface area contributed by atoms with E-state index in [2.05, 4.69) is 15.3 Å². The number of H-pyrrole nitrogens is 1. The lowest BCUT2D eigenvalue weighted by atomic mass is 10.2. The molecule has 0 bridgehead atoms. The molecule has 0 saturated heterocycles. The Hall–Kier alpha value is -2.19. The van der Waals surface area contributed by atoms with Crippen LogP contribution < -0.4 is 5.32 Å². The number of fused-ring (bicyclic) bond motifs is 1. The fourth-order valence-corrected chi connectivity index (χ4v) is 3.21. The highest BCUT2D eigenvalue weighted by Crippen LogP contribution is 2.30. The van der Waals surface area contributed by atoms with Crippen molar-refractivity contribution in [1.82, 2.24) is 9.97 Å². The zero-order valence-electron chi connectivity index (χ0n) is 13.4. The van der Waals surface area contributed by atoms with E-state index in [9.17, 15) is 18.0 Å². The van der Waals surface area contributed by atoms with Gasteiger partial charge in [0.05, 0.1) is 21.8 Å². The van der Waals surface area contributed by atoms with Crippen LogP contribution in [0.4, 0.5) is 18.9 Å². The molecule has 0 fully saturated rings. The molecular formula is C17H13ClF3N3OS. The summed E-state index contributed by atoms with van der Waals surface area (Å²) in [4.78, 5) is 19.7. The maximum atomic E-state index is 12.6. The first-order valence-corrected chi connectivity index (χ1v) is 8.78. The zero-order chi connectivity index (χ0) is 18.9. The molecular weight excluding hydrogens is 387 g/mol. The molecule has 136 valence electrons. The number of carbonyl (C=O) groups is 1. The van der Waals surface area contributed by atoms with Crippen LogP contribution in [0.5, 0.6) is 0 Å². The smallest absolute Gasteiger partial charge is 0.333 e. The molecule has 0 spiro atoms. The Morgan fingerprint density at radius 2 is 1.92 bits per heavy atom. The Labute approximate surface area is 156 Å². The summed E-state index contributed by atoms with van der Waals surface area (Å²) in [6.45, 7) is 1.68. The number of nitrogens with one attached hydrogen (secondary N) is 2. The monoisotopic (exact) mass is 399 g/mol. The Kier molecular flexibility index (Phi) is 5.15. The lowest BCUT2D eigenvalue weighted by Crippen LogP contribution is -2.22. The van der Waals surface area contributed by atoms with E-state index in [1.54, 1.807) is 25.1 Å². The van der Waals surface area contributed by atoms with Crippen molar-refractivity contribution in [2.24, 2.45) is 0 Å². The van der Waals surface area contributed by atoms with Gasteiger partial charge in [-0.2, -0.15) is 13.2 Å². The molecule has 0 saturated carbocycles. The van der Waals surface area contributed by atoms with Crippen molar-refractivity contribution >= 4 is 46.0 Å². The van der Waals surface area contributed by atoms with Gasteiger partial charge in [-0.15, -0.1) is 0 Å². The van der Waals surface area contributed by atoms with Crippen molar-refractivity contribution in [3.63, 3.8) is 0 Å². The molecule has 0 aliphatic heterocycles. The third kappa shape index (κ3) is 4.31. The number of benzene rings is 2. The van der Waals surface area contributed by atoms with Crippen LogP contribution in [0, 0.1) is 0 Å². The van der Waals surface area contributed by atoms with Crippen molar-refractivity contribution in [2.45, 2.75) is 23.5 Å². The van der Waals surface area contributed by atoms with Crippen LogP contribution in [0.3, 0.4) is 0 Å². The topological polar surface area (TPSA) is 57.8 Å². The second-order valence-electron chi connectivity index (χ2n) is 5.53. The number of halogens is 4. The number of imidazole rings is 1. The van der Waals surface area contributed by atoms with Crippen LogP contribution in [-0.2, 0) is 11.0 Å². The molecule has 3 aromatic rings. The largest absolute Gasteiger partial charge is 0.416 e. The molecule has 0 radical (unpaired) electrons. The molecule has 0 aliphatic carbocycles. The summed E-state index contributed by atoms with van der Waals surface area (Å²) in [5.41, 5.74) is 1.02. The highest BCUT2D eigenvalue weighted by molar-refractivity contribution is 8.00. The number of aromatic nitrogens is 2. The molecule has 1 heterocycles. The number of aromatic amines is 1. The second-order valence-corrected chi connectivity index (χ2v) is 7.29. The van der Waals surface area contributed by atoms with Gasteiger partial charge in [-0.1, -0.05) is 23.4 Å². The number of hydrogen-bond donors (Lipinski definition) is 2. The van der Waals surface area contributed by atoms with Gasteiger partial charge in [-0.25, -0.2) is 4.98 Å². The fraction of sp³-hybridized carbons (Fsp3) is 0.176. The van der Waals surface area contributed by atoms with E-state index >= 15 is 0 Å². The average Bonchev–Trinajstić information content (AvgIpc) is 2.95. The number of nitrogens with zero attached hydrogens (tertiary/aromatic N) is 1. The number of anilines is 1. The van der Waals surface area contributed by atoms with Gasteiger partial charge < -0.3 is 10.3 Å². The van der Waals surface area contributed by atoms with Crippen LogP contribution in [0.1, 0.15) is 12.5 Å². The summed E-state index contributed by atoms with van der Waals surface area (Å²) in [6, 6.07) is 9.53. The molecule has 26 heavy (non-hydrogen) atoms. The van der Waals surface area contributed by atoms with E-state index in [0.717, 1.165) is 23.2 Å². The highest BCUT2D eigenvalue weighted by Gasteiger charge is 2.30. The third-order valence-electron chi connectivity index (χ3n) is 3.56. The Balaban J connectivity index is 1.65. The van der Waals surface area contributed by atoms with Gasteiger partial charge in [0.1, 0.15) is 0 Å². The van der Waals surface area contributed by atoms with E-state index in [0.29, 0.717) is 15.9 Å². The number of carbonyl (C=O) groups excluding carboxylic acids is 1. The molecule has 2 aromatic carbocycles. The minimum Gasteiger partial charge on any atom is -0.333 e. The van der Waals surface area contributed by atoms with Crippen molar-refractivity contribution in [1.29, 1.82) is 0 Å². The van der Waals surface area contributed by atoms with E-state index in [1.807, 2.05) is 0 Å². The maximum Gasteiger partial charge on any atom is 0.416 e. The number of thioether (sulfide) groups is 1.